The second-order valence-electron chi connectivity index (χ2n) is 6.27. The van der Waals surface area contributed by atoms with Gasteiger partial charge in [0, 0.05) is 30.7 Å². The normalized spacial score (nSPS) is 30.4. The molecule has 2 atom stereocenters. The second-order valence-corrected chi connectivity index (χ2v) is 6.27. The van der Waals surface area contributed by atoms with Crippen molar-refractivity contribution in [3.63, 3.8) is 0 Å². The molecule has 2 unspecified atom stereocenters. The Labute approximate surface area is 119 Å². The predicted molar refractivity (Wildman–Crippen MR) is 77.1 cm³/mol. The number of fused-ring (bicyclic) bond motifs is 2. The summed E-state index contributed by atoms with van der Waals surface area (Å²) in [4.78, 5) is 2.54. The Hall–Kier alpha value is -1.13. The Morgan fingerprint density at radius 1 is 1.25 bits per heavy atom. The number of nitrogens with one attached hydrogen (secondary N) is 1. The molecule has 20 heavy (non-hydrogen) atoms. The van der Waals surface area contributed by atoms with E-state index in [-0.39, 0.29) is 11.6 Å². The smallest absolute Gasteiger partial charge is 0.127 e. The van der Waals surface area contributed by atoms with Crippen molar-refractivity contribution < 1.29 is 9.50 Å². The molecule has 1 aromatic rings. The summed E-state index contributed by atoms with van der Waals surface area (Å²) in [5, 5.41) is 13.0. The lowest BCUT2D eigenvalue weighted by molar-refractivity contribution is 0.0482. The third kappa shape index (κ3) is 2.96. The maximum Gasteiger partial charge on any atom is 0.127 e. The van der Waals surface area contributed by atoms with E-state index in [9.17, 15) is 9.50 Å². The maximum absolute atomic E-state index is 13.2. The summed E-state index contributed by atoms with van der Waals surface area (Å²) in [6, 6.07) is 6.16. The van der Waals surface area contributed by atoms with Crippen molar-refractivity contribution in [1.82, 2.24) is 10.2 Å². The van der Waals surface area contributed by atoms with Crippen molar-refractivity contribution >= 4 is 0 Å². The van der Waals surface area contributed by atoms with Crippen LogP contribution in [0.1, 0.15) is 37.7 Å². The molecule has 0 saturated carbocycles. The minimum atomic E-state index is -0.373. The molecule has 0 aliphatic carbocycles. The molecule has 2 saturated heterocycles. The molecule has 2 aliphatic rings. The molecule has 2 N–H and O–H groups in total. The number of aromatic hydroxyl groups is 1. The van der Waals surface area contributed by atoms with Crippen LogP contribution in [0.4, 0.5) is 4.39 Å². The molecule has 4 heteroatoms. The fourth-order valence-electron chi connectivity index (χ4n) is 3.78. The Bertz CT molecular complexity index is 445. The average molecular weight is 278 g/mol. The quantitative estimate of drug-likeness (QED) is 0.892. The van der Waals surface area contributed by atoms with E-state index in [2.05, 4.69) is 17.3 Å². The minimum absolute atomic E-state index is 0.00190. The van der Waals surface area contributed by atoms with Gasteiger partial charge in [-0.25, -0.2) is 4.39 Å². The van der Waals surface area contributed by atoms with Gasteiger partial charge in [-0.15, -0.1) is 0 Å². The van der Waals surface area contributed by atoms with Crippen molar-refractivity contribution in [3.8, 4) is 5.75 Å². The molecule has 2 fully saturated rings. The highest BCUT2D eigenvalue weighted by molar-refractivity contribution is 5.28. The first-order chi connectivity index (χ1) is 9.61. The highest BCUT2D eigenvalue weighted by atomic mass is 19.1. The van der Waals surface area contributed by atoms with Crippen LogP contribution >= 0.6 is 0 Å². The van der Waals surface area contributed by atoms with Crippen LogP contribution in [0.15, 0.2) is 18.2 Å². The SMILES string of the molecule is CN1C2CCCC1CC(NCc1cc(O)cc(F)c1)C2. The lowest BCUT2D eigenvalue weighted by atomic mass is 9.82. The highest BCUT2D eigenvalue weighted by Crippen LogP contribution is 2.32. The number of rotatable bonds is 3. The molecule has 0 radical (unpaired) electrons. The number of phenolic OH excluding ortho intramolecular Hbond substituents is 1. The molecule has 0 aromatic heterocycles. The number of nitrogens with zero attached hydrogens (tertiary/aromatic N) is 1. The molecule has 2 heterocycles. The highest BCUT2D eigenvalue weighted by Gasteiger charge is 2.35. The fourth-order valence-corrected chi connectivity index (χ4v) is 3.78. The van der Waals surface area contributed by atoms with Crippen LogP contribution in [0.3, 0.4) is 0 Å². The van der Waals surface area contributed by atoms with Gasteiger partial charge in [0.15, 0.2) is 0 Å². The molecular formula is C16H23FN2O. The van der Waals surface area contributed by atoms with Gasteiger partial charge in [-0.3, -0.25) is 0 Å². The van der Waals surface area contributed by atoms with Gasteiger partial charge in [-0.2, -0.15) is 0 Å². The molecule has 0 spiro atoms. The van der Waals surface area contributed by atoms with Crippen LogP contribution in [-0.4, -0.2) is 35.2 Å². The number of hydrogen-bond acceptors (Lipinski definition) is 3. The number of piperidine rings is 2. The van der Waals surface area contributed by atoms with Gasteiger partial charge in [0.05, 0.1) is 0 Å². The Morgan fingerprint density at radius 3 is 2.60 bits per heavy atom. The van der Waals surface area contributed by atoms with Crippen LogP contribution in [-0.2, 0) is 6.54 Å². The lowest BCUT2D eigenvalue weighted by Gasteiger charge is -2.47. The van der Waals surface area contributed by atoms with Gasteiger partial charge < -0.3 is 15.3 Å². The van der Waals surface area contributed by atoms with Crippen molar-refractivity contribution in [2.45, 2.75) is 56.8 Å². The summed E-state index contributed by atoms with van der Waals surface area (Å²) in [7, 11) is 2.25. The number of hydrogen-bond donors (Lipinski definition) is 2. The first-order valence-corrected chi connectivity index (χ1v) is 7.55. The third-order valence-electron chi connectivity index (χ3n) is 4.88. The van der Waals surface area contributed by atoms with E-state index in [0.29, 0.717) is 24.7 Å². The van der Waals surface area contributed by atoms with Crippen molar-refractivity contribution in [3.05, 3.63) is 29.6 Å². The van der Waals surface area contributed by atoms with Gasteiger partial charge in [0.1, 0.15) is 11.6 Å². The monoisotopic (exact) mass is 278 g/mol. The standard InChI is InChI=1S/C16H23FN2O/c1-19-14-3-2-4-15(19)9-13(8-14)18-10-11-5-12(17)7-16(20)6-11/h5-7,13-15,18,20H,2-4,8-10H2,1H3. The third-order valence-corrected chi connectivity index (χ3v) is 4.88. The van der Waals surface area contributed by atoms with E-state index < -0.39 is 0 Å². The first kappa shape index (κ1) is 13.8. The van der Waals surface area contributed by atoms with E-state index in [1.165, 1.54) is 38.2 Å². The summed E-state index contributed by atoms with van der Waals surface area (Å²) in [6.45, 7) is 0.624. The number of phenols is 1. The molecular weight excluding hydrogens is 255 g/mol. The summed E-state index contributed by atoms with van der Waals surface area (Å²) >= 11 is 0. The number of benzene rings is 1. The van der Waals surface area contributed by atoms with Crippen molar-refractivity contribution in [2.75, 3.05) is 7.05 Å². The minimum Gasteiger partial charge on any atom is -0.508 e. The summed E-state index contributed by atoms with van der Waals surface area (Å²) in [6.07, 6.45) is 6.30. The predicted octanol–water partition coefficient (Wildman–Crippen LogP) is 2.64. The Morgan fingerprint density at radius 2 is 1.95 bits per heavy atom. The van der Waals surface area contributed by atoms with E-state index in [1.807, 2.05) is 0 Å². The van der Waals surface area contributed by atoms with E-state index in [0.717, 1.165) is 11.6 Å². The van der Waals surface area contributed by atoms with E-state index in [1.54, 1.807) is 6.07 Å². The van der Waals surface area contributed by atoms with Crippen LogP contribution in [0.2, 0.25) is 0 Å². The van der Waals surface area contributed by atoms with Gasteiger partial charge in [0.25, 0.3) is 0 Å². The lowest BCUT2D eigenvalue weighted by Crippen LogP contribution is -2.54. The van der Waals surface area contributed by atoms with Crippen LogP contribution in [0.5, 0.6) is 5.75 Å². The summed E-state index contributed by atoms with van der Waals surface area (Å²) < 4.78 is 13.2. The second kappa shape index (κ2) is 5.70. The maximum atomic E-state index is 13.2. The van der Waals surface area contributed by atoms with E-state index >= 15 is 0 Å². The zero-order chi connectivity index (χ0) is 14.1. The van der Waals surface area contributed by atoms with Crippen LogP contribution in [0.25, 0.3) is 0 Å². The van der Waals surface area contributed by atoms with Crippen molar-refractivity contribution in [1.29, 1.82) is 0 Å². The van der Waals surface area contributed by atoms with Crippen LogP contribution in [0, 0.1) is 5.82 Å². The molecule has 110 valence electrons. The average Bonchev–Trinajstić information content (AvgIpc) is 2.35. The molecule has 0 amide bonds. The van der Waals surface area contributed by atoms with Crippen molar-refractivity contribution in [2.24, 2.45) is 0 Å². The Kier molecular flexibility index (Phi) is 3.94. The van der Waals surface area contributed by atoms with Gasteiger partial charge in [-0.1, -0.05) is 6.42 Å². The summed E-state index contributed by atoms with van der Waals surface area (Å²) in [5.41, 5.74) is 0.812. The van der Waals surface area contributed by atoms with Gasteiger partial charge >= 0.3 is 0 Å². The van der Waals surface area contributed by atoms with E-state index in [4.69, 9.17) is 0 Å². The Balaban J connectivity index is 1.59. The molecule has 2 bridgehead atoms. The van der Waals surface area contributed by atoms with Gasteiger partial charge in [0.2, 0.25) is 0 Å². The topological polar surface area (TPSA) is 35.5 Å². The van der Waals surface area contributed by atoms with Gasteiger partial charge in [-0.05, 0) is 50.4 Å². The molecule has 2 aliphatic heterocycles. The first-order valence-electron chi connectivity index (χ1n) is 7.55. The fraction of sp³-hybridized carbons (Fsp3) is 0.625. The summed E-state index contributed by atoms with van der Waals surface area (Å²) in [5.74, 6) is -0.371. The zero-order valence-electron chi connectivity index (χ0n) is 12.0. The van der Waals surface area contributed by atoms with Crippen LogP contribution < -0.4 is 5.32 Å². The molecule has 3 rings (SSSR count). The number of halogens is 1. The molecule has 3 nitrogen and oxygen atoms in total. The molecule has 1 aromatic carbocycles. The zero-order valence-corrected chi connectivity index (χ0v) is 12.0. The largest absolute Gasteiger partial charge is 0.508 e.